The highest BCUT2D eigenvalue weighted by molar-refractivity contribution is 5.76. The average Bonchev–Trinajstić information content (AvgIpc) is 2.85. The molecule has 3 N–H and O–H groups in total. The Hall–Kier alpha value is -2.14. The largest absolute Gasteiger partial charge is 0.444 e. The zero-order valence-electron chi connectivity index (χ0n) is 11.7. The molecule has 20 heavy (non-hydrogen) atoms. The molecule has 2 rings (SSSR count). The molecule has 0 spiro atoms. The molecule has 1 aromatic carbocycles. The predicted octanol–water partition coefficient (Wildman–Crippen LogP) is 2.00. The van der Waals surface area contributed by atoms with Crippen molar-refractivity contribution in [3.05, 3.63) is 41.8 Å². The first kappa shape index (κ1) is 14.3. The number of benzene rings is 1. The highest BCUT2D eigenvalue weighted by atomic mass is 16.3. The lowest BCUT2D eigenvalue weighted by Gasteiger charge is -2.04. The van der Waals surface area contributed by atoms with Gasteiger partial charge in [0.2, 0.25) is 11.8 Å². The number of amides is 1. The molecule has 5 nitrogen and oxygen atoms in total. The second-order valence-electron chi connectivity index (χ2n) is 4.97. The summed E-state index contributed by atoms with van der Waals surface area (Å²) in [5.41, 5.74) is 8.36. The summed E-state index contributed by atoms with van der Waals surface area (Å²) in [6.45, 7) is 4.17. The Bertz CT molecular complexity index is 573. The van der Waals surface area contributed by atoms with Crippen LogP contribution in [-0.2, 0) is 11.3 Å². The maximum Gasteiger partial charge on any atom is 0.226 e. The van der Waals surface area contributed by atoms with Crippen molar-refractivity contribution in [2.75, 3.05) is 0 Å². The van der Waals surface area contributed by atoms with Crippen LogP contribution in [0.2, 0.25) is 0 Å². The van der Waals surface area contributed by atoms with Crippen LogP contribution in [0.1, 0.15) is 24.6 Å². The van der Waals surface area contributed by atoms with Crippen LogP contribution in [0.3, 0.4) is 0 Å². The third kappa shape index (κ3) is 3.93. The van der Waals surface area contributed by atoms with Gasteiger partial charge in [0.05, 0.1) is 12.2 Å². The van der Waals surface area contributed by atoms with Gasteiger partial charge in [0.15, 0.2) is 0 Å². The van der Waals surface area contributed by atoms with Crippen LogP contribution in [0.15, 0.2) is 34.9 Å². The van der Waals surface area contributed by atoms with Gasteiger partial charge >= 0.3 is 0 Å². The summed E-state index contributed by atoms with van der Waals surface area (Å²) in [6.07, 6.45) is 1.87. The molecular formula is C15H19N3O2. The van der Waals surface area contributed by atoms with Crippen molar-refractivity contribution >= 4 is 5.91 Å². The minimum atomic E-state index is -0.143. The number of nitrogens with zero attached hydrogens (tertiary/aromatic N) is 1. The summed E-state index contributed by atoms with van der Waals surface area (Å²) in [7, 11) is 0. The quantitative estimate of drug-likeness (QED) is 0.873. The first-order valence-corrected chi connectivity index (χ1v) is 6.58. The highest BCUT2D eigenvalue weighted by Gasteiger charge is 2.09. The van der Waals surface area contributed by atoms with E-state index in [9.17, 15) is 4.79 Å². The average molecular weight is 273 g/mol. The molecule has 0 saturated carbocycles. The van der Waals surface area contributed by atoms with E-state index in [0.29, 0.717) is 24.6 Å². The van der Waals surface area contributed by atoms with Crippen LogP contribution in [0.25, 0.3) is 11.5 Å². The van der Waals surface area contributed by atoms with Gasteiger partial charge in [0.25, 0.3) is 0 Å². The molecule has 0 fully saturated rings. The fourth-order valence-corrected chi connectivity index (χ4v) is 1.77. The molecule has 0 aliphatic heterocycles. The van der Waals surface area contributed by atoms with Crippen LogP contribution in [0.4, 0.5) is 0 Å². The van der Waals surface area contributed by atoms with E-state index < -0.39 is 0 Å². The zero-order valence-corrected chi connectivity index (χ0v) is 11.7. The van der Waals surface area contributed by atoms with Crippen molar-refractivity contribution in [1.29, 1.82) is 0 Å². The van der Waals surface area contributed by atoms with Gasteiger partial charge in [-0.05, 0) is 26.0 Å². The fraction of sp³-hybridized carbons (Fsp3) is 0.333. The van der Waals surface area contributed by atoms with E-state index in [1.165, 1.54) is 5.56 Å². The molecule has 106 valence electrons. The Labute approximate surface area is 118 Å². The van der Waals surface area contributed by atoms with E-state index in [0.717, 1.165) is 5.56 Å². The number of carbonyl (C=O) groups is 1. The standard InChI is InChI=1S/C15H19N3O2/c1-10-3-5-12(6-4-10)15-18-13(9-20-15)8-17-14(19)7-11(2)16/h3-6,9,11H,7-8,16H2,1-2H3,(H,17,19). The van der Waals surface area contributed by atoms with E-state index in [1.807, 2.05) is 31.2 Å². The van der Waals surface area contributed by atoms with Crippen LogP contribution in [0.5, 0.6) is 0 Å². The molecule has 5 heteroatoms. The molecule has 1 heterocycles. The van der Waals surface area contributed by atoms with Crippen LogP contribution in [-0.4, -0.2) is 16.9 Å². The van der Waals surface area contributed by atoms with E-state index in [4.69, 9.17) is 10.2 Å². The van der Waals surface area contributed by atoms with Gasteiger partial charge in [0.1, 0.15) is 6.26 Å². The molecule has 0 saturated heterocycles. The monoisotopic (exact) mass is 273 g/mol. The minimum Gasteiger partial charge on any atom is -0.444 e. The second kappa shape index (κ2) is 6.34. The number of nitrogens with one attached hydrogen (secondary N) is 1. The number of carbonyl (C=O) groups excluding carboxylic acids is 1. The van der Waals surface area contributed by atoms with Crippen molar-refractivity contribution < 1.29 is 9.21 Å². The Morgan fingerprint density at radius 3 is 2.75 bits per heavy atom. The SMILES string of the molecule is Cc1ccc(-c2nc(CNC(=O)CC(C)N)co2)cc1. The van der Waals surface area contributed by atoms with Crippen molar-refractivity contribution in [2.45, 2.75) is 32.9 Å². The first-order valence-electron chi connectivity index (χ1n) is 6.58. The number of hydrogen-bond acceptors (Lipinski definition) is 4. The number of aromatic nitrogens is 1. The van der Waals surface area contributed by atoms with Crippen LogP contribution < -0.4 is 11.1 Å². The third-order valence-corrected chi connectivity index (χ3v) is 2.82. The lowest BCUT2D eigenvalue weighted by Crippen LogP contribution is -2.29. The van der Waals surface area contributed by atoms with Gasteiger partial charge in [-0.25, -0.2) is 4.98 Å². The molecule has 0 radical (unpaired) electrons. The van der Waals surface area contributed by atoms with E-state index in [1.54, 1.807) is 13.2 Å². The van der Waals surface area contributed by atoms with Crippen molar-refractivity contribution in [3.63, 3.8) is 0 Å². The zero-order chi connectivity index (χ0) is 14.5. The number of oxazole rings is 1. The summed E-state index contributed by atoms with van der Waals surface area (Å²) < 4.78 is 5.42. The Kier molecular flexibility index (Phi) is 4.53. The van der Waals surface area contributed by atoms with Gasteiger partial charge in [-0.3, -0.25) is 4.79 Å². The number of hydrogen-bond donors (Lipinski definition) is 2. The van der Waals surface area contributed by atoms with Crippen molar-refractivity contribution in [1.82, 2.24) is 10.3 Å². The molecule has 1 aromatic heterocycles. The number of aryl methyl sites for hydroxylation is 1. The van der Waals surface area contributed by atoms with Gasteiger partial charge in [-0.1, -0.05) is 17.7 Å². The lowest BCUT2D eigenvalue weighted by molar-refractivity contribution is -0.121. The smallest absolute Gasteiger partial charge is 0.226 e. The lowest BCUT2D eigenvalue weighted by atomic mass is 10.1. The normalized spacial score (nSPS) is 12.2. The Morgan fingerprint density at radius 1 is 1.40 bits per heavy atom. The number of rotatable bonds is 5. The number of nitrogens with two attached hydrogens (primary N) is 1. The van der Waals surface area contributed by atoms with Gasteiger partial charge in [0, 0.05) is 18.0 Å². The van der Waals surface area contributed by atoms with E-state index in [2.05, 4.69) is 10.3 Å². The predicted molar refractivity (Wildman–Crippen MR) is 76.8 cm³/mol. The molecule has 0 aliphatic carbocycles. The molecule has 2 aromatic rings. The summed E-state index contributed by atoms with van der Waals surface area (Å²) in [5.74, 6) is 0.473. The Balaban J connectivity index is 1.95. The molecule has 0 bridgehead atoms. The summed E-state index contributed by atoms with van der Waals surface area (Å²) in [6, 6.07) is 7.78. The molecule has 0 aliphatic rings. The van der Waals surface area contributed by atoms with Gasteiger partial charge < -0.3 is 15.5 Å². The fourth-order valence-electron chi connectivity index (χ4n) is 1.77. The maximum absolute atomic E-state index is 11.5. The van der Waals surface area contributed by atoms with Crippen molar-refractivity contribution in [2.24, 2.45) is 5.73 Å². The van der Waals surface area contributed by atoms with E-state index >= 15 is 0 Å². The molecule has 1 unspecified atom stereocenters. The topological polar surface area (TPSA) is 81.2 Å². The van der Waals surface area contributed by atoms with Crippen LogP contribution in [0, 0.1) is 6.92 Å². The van der Waals surface area contributed by atoms with Gasteiger partial charge in [-0.15, -0.1) is 0 Å². The van der Waals surface area contributed by atoms with Crippen molar-refractivity contribution in [3.8, 4) is 11.5 Å². The minimum absolute atomic E-state index is 0.0834. The van der Waals surface area contributed by atoms with Gasteiger partial charge in [-0.2, -0.15) is 0 Å². The second-order valence-corrected chi connectivity index (χ2v) is 4.97. The molecular weight excluding hydrogens is 254 g/mol. The molecule has 1 amide bonds. The maximum atomic E-state index is 11.5. The summed E-state index contributed by atoms with van der Waals surface area (Å²) in [4.78, 5) is 15.8. The summed E-state index contributed by atoms with van der Waals surface area (Å²) in [5, 5.41) is 2.76. The summed E-state index contributed by atoms with van der Waals surface area (Å²) >= 11 is 0. The van der Waals surface area contributed by atoms with E-state index in [-0.39, 0.29) is 11.9 Å². The molecule has 1 atom stereocenters. The third-order valence-electron chi connectivity index (χ3n) is 2.82. The Morgan fingerprint density at radius 2 is 2.10 bits per heavy atom. The first-order chi connectivity index (χ1) is 9.54. The van der Waals surface area contributed by atoms with Crippen LogP contribution >= 0.6 is 0 Å². The highest BCUT2D eigenvalue weighted by Crippen LogP contribution is 2.18.